The largest absolute Gasteiger partial charge is 0.417 e. The number of ketones is 1. The molecule has 1 aromatic rings. The Labute approximate surface area is 398 Å². The summed E-state index contributed by atoms with van der Waals surface area (Å²) in [4.78, 5) is 20.2. The summed E-state index contributed by atoms with van der Waals surface area (Å²) in [5.74, 6) is 0.355. The highest BCUT2D eigenvalue weighted by Crippen LogP contribution is 2.53. The number of aromatic nitrogens is 1. The van der Waals surface area contributed by atoms with Gasteiger partial charge in [-0.25, -0.2) is 4.98 Å². The maximum absolute atomic E-state index is 15.5. The fourth-order valence-corrected chi connectivity index (χ4v) is 13.5. The van der Waals surface area contributed by atoms with E-state index in [1.807, 2.05) is 0 Å². The summed E-state index contributed by atoms with van der Waals surface area (Å²) >= 11 is 1.69. The van der Waals surface area contributed by atoms with Crippen LogP contribution in [0.5, 0.6) is 0 Å². The number of thiazole rings is 1. The van der Waals surface area contributed by atoms with Gasteiger partial charge in [-0.15, -0.1) is 11.3 Å². The SMILES string of the molecule is C/C(=C/C[C@H](O[Si](C)(C)C(C)(C)C)/C(C)=C/c1csc(C)n1)CCC[C@H](C)[C@H](O[Si](C)(C)C(C)(C)C)[C@@H](C)C(=O)C1([C@H](CCO[Si](C)(C)C(C)(C)C)O[Si](C)(C)C(C)(C)C)CCC1. The van der Waals surface area contributed by atoms with Crippen LogP contribution < -0.4 is 0 Å². The van der Waals surface area contributed by atoms with Gasteiger partial charge in [0.1, 0.15) is 5.78 Å². The lowest BCUT2D eigenvalue weighted by Gasteiger charge is -2.52. The van der Waals surface area contributed by atoms with Crippen molar-refractivity contribution in [1.29, 1.82) is 0 Å². The van der Waals surface area contributed by atoms with Crippen molar-refractivity contribution in [2.45, 2.75) is 260 Å². The summed E-state index contributed by atoms with van der Waals surface area (Å²) in [5, 5.41) is 3.54. The van der Waals surface area contributed by atoms with E-state index in [-0.39, 0.29) is 50.3 Å². The van der Waals surface area contributed by atoms with Crippen molar-refractivity contribution < 1.29 is 22.5 Å². The number of hydrogen-bond donors (Lipinski definition) is 0. The predicted octanol–water partition coefficient (Wildman–Crippen LogP) is 17.0. The van der Waals surface area contributed by atoms with E-state index < -0.39 is 38.7 Å². The summed E-state index contributed by atoms with van der Waals surface area (Å²) in [6.07, 6.45) is 11.9. The second-order valence-corrected chi connectivity index (χ2v) is 46.1. The smallest absolute Gasteiger partial charge is 0.192 e. The van der Waals surface area contributed by atoms with Crippen LogP contribution in [0.25, 0.3) is 6.08 Å². The van der Waals surface area contributed by atoms with Crippen molar-refractivity contribution >= 4 is 56.5 Å². The van der Waals surface area contributed by atoms with Crippen LogP contribution in [0, 0.1) is 24.2 Å². The van der Waals surface area contributed by atoms with E-state index in [2.05, 4.69) is 188 Å². The lowest BCUT2D eigenvalue weighted by atomic mass is 9.59. The van der Waals surface area contributed by atoms with Gasteiger partial charge in [0.15, 0.2) is 33.3 Å². The van der Waals surface area contributed by atoms with Crippen LogP contribution in [0.4, 0.5) is 0 Å². The molecule has 11 heteroatoms. The molecule has 1 aromatic heterocycles. The van der Waals surface area contributed by atoms with Crippen molar-refractivity contribution in [3.8, 4) is 0 Å². The Hall–Kier alpha value is -0.512. The molecule has 1 heterocycles. The van der Waals surface area contributed by atoms with Gasteiger partial charge in [-0.3, -0.25) is 4.79 Å². The third-order valence-corrected chi connectivity index (χ3v) is 35.4. The summed E-state index contributed by atoms with van der Waals surface area (Å²) in [5.41, 5.74) is 3.14. The fourth-order valence-electron chi connectivity index (χ4n) is 7.64. The quantitative estimate of drug-likeness (QED) is 0.0804. The molecule has 0 aromatic carbocycles. The number of carbonyl (C=O) groups is 1. The molecule has 0 aliphatic heterocycles. The minimum absolute atomic E-state index is 0.0119. The van der Waals surface area contributed by atoms with E-state index in [1.54, 1.807) is 11.3 Å². The first kappa shape index (κ1) is 58.6. The van der Waals surface area contributed by atoms with Crippen molar-refractivity contribution in [1.82, 2.24) is 4.98 Å². The minimum atomic E-state index is -2.22. The lowest BCUT2D eigenvalue weighted by Crippen LogP contribution is -2.58. The Morgan fingerprint density at radius 1 is 0.762 bits per heavy atom. The van der Waals surface area contributed by atoms with E-state index in [0.29, 0.717) is 12.4 Å². The maximum Gasteiger partial charge on any atom is 0.192 e. The molecule has 5 atom stereocenters. The van der Waals surface area contributed by atoms with Crippen LogP contribution in [0.1, 0.15) is 173 Å². The van der Waals surface area contributed by atoms with E-state index in [4.69, 9.17) is 22.7 Å². The molecule has 0 unspecified atom stereocenters. The molecule has 1 fully saturated rings. The normalized spacial score (nSPS) is 19.1. The highest BCUT2D eigenvalue weighted by molar-refractivity contribution is 7.09. The topological polar surface area (TPSA) is 66.9 Å². The molecular weight excluding hydrogens is 863 g/mol. The minimum Gasteiger partial charge on any atom is -0.417 e. The molecule has 0 bridgehead atoms. The molecule has 2 rings (SSSR count). The van der Waals surface area contributed by atoms with Gasteiger partial charge in [-0.2, -0.15) is 0 Å². The Balaban J connectivity index is 2.43. The third-order valence-electron chi connectivity index (χ3n) is 16.6. The van der Waals surface area contributed by atoms with Crippen LogP contribution in [-0.4, -0.2) is 69.0 Å². The first-order valence-corrected chi connectivity index (χ1v) is 37.2. The molecule has 0 saturated heterocycles. The van der Waals surface area contributed by atoms with Crippen LogP contribution >= 0.6 is 11.3 Å². The summed E-state index contributed by atoms with van der Waals surface area (Å²) < 4.78 is 28.7. The Morgan fingerprint density at radius 2 is 1.25 bits per heavy atom. The summed E-state index contributed by atoms with van der Waals surface area (Å²) in [6.45, 7) is 58.2. The molecule has 366 valence electrons. The van der Waals surface area contributed by atoms with Gasteiger partial charge in [0.05, 0.1) is 34.4 Å². The number of rotatable bonds is 23. The molecule has 0 amide bonds. The number of aryl methyl sites for hydroxylation is 1. The Kier molecular flexibility index (Phi) is 20.3. The number of allylic oxidation sites excluding steroid dienone is 1. The summed E-state index contributed by atoms with van der Waals surface area (Å²) in [7, 11) is -8.42. The van der Waals surface area contributed by atoms with Gasteiger partial charge in [0.2, 0.25) is 0 Å². The average Bonchev–Trinajstić information content (AvgIpc) is 3.49. The molecule has 1 aliphatic carbocycles. The highest BCUT2D eigenvalue weighted by Gasteiger charge is 2.56. The van der Waals surface area contributed by atoms with Crippen molar-refractivity contribution in [2.24, 2.45) is 17.3 Å². The average molecular weight is 965 g/mol. The van der Waals surface area contributed by atoms with Gasteiger partial charge < -0.3 is 17.7 Å². The monoisotopic (exact) mass is 964 g/mol. The van der Waals surface area contributed by atoms with Crippen molar-refractivity contribution in [3.05, 3.63) is 33.3 Å². The Bertz CT molecular complexity index is 1680. The van der Waals surface area contributed by atoms with Crippen molar-refractivity contribution in [3.63, 3.8) is 0 Å². The van der Waals surface area contributed by atoms with Gasteiger partial charge >= 0.3 is 0 Å². The van der Waals surface area contributed by atoms with Crippen LogP contribution in [-0.2, 0) is 22.5 Å². The van der Waals surface area contributed by atoms with Crippen molar-refractivity contribution in [2.75, 3.05) is 6.61 Å². The number of hydrogen-bond acceptors (Lipinski definition) is 7. The first-order valence-electron chi connectivity index (χ1n) is 24.7. The second-order valence-electron chi connectivity index (χ2n) is 26.0. The van der Waals surface area contributed by atoms with Crippen LogP contribution in [0.2, 0.25) is 72.5 Å². The molecule has 1 aliphatic rings. The third kappa shape index (κ3) is 15.8. The zero-order valence-electron chi connectivity index (χ0n) is 45.9. The number of carbonyl (C=O) groups excluding carboxylic acids is 1. The molecule has 0 spiro atoms. The predicted molar refractivity (Wildman–Crippen MR) is 286 cm³/mol. The lowest BCUT2D eigenvalue weighted by molar-refractivity contribution is -0.152. The molecule has 0 radical (unpaired) electrons. The van der Waals surface area contributed by atoms with Crippen LogP contribution in [0.3, 0.4) is 0 Å². The molecular formula is C52H101NO5SSi4. The van der Waals surface area contributed by atoms with Gasteiger partial charge in [-0.05, 0) is 156 Å². The first-order chi connectivity index (χ1) is 28.2. The molecule has 0 N–H and O–H groups in total. The number of nitrogens with zero attached hydrogens (tertiary/aromatic N) is 1. The van der Waals surface area contributed by atoms with Crippen LogP contribution in [0.15, 0.2) is 22.6 Å². The van der Waals surface area contributed by atoms with Gasteiger partial charge in [-0.1, -0.05) is 115 Å². The van der Waals surface area contributed by atoms with Gasteiger partial charge in [0, 0.05) is 17.9 Å². The Morgan fingerprint density at radius 3 is 1.70 bits per heavy atom. The second kappa shape index (κ2) is 21.8. The maximum atomic E-state index is 15.5. The zero-order chi connectivity index (χ0) is 49.0. The van der Waals surface area contributed by atoms with E-state index in [0.717, 1.165) is 62.1 Å². The highest BCUT2D eigenvalue weighted by atomic mass is 32.1. The zero-order valence-corrected chi connectivity index (χ0v) is 50.7. The van der Waals surface area contributed by atoms with E-state index in [1.165, 1.54) is 11.1 Å². The van der Waals surface area contributed by atoms with Gasteiger partial charge in [0.25, 0.3) is 0 Å². The molecule has 6 nitrogen and oxygen atoms in total. The van der Waals surface area contributed by atoms with E-state index in [9.17, 15) is 0 Å². The fraction of sp³-hybridized carbons (Fsp3) is 0.846. The summed E-state index contributed by atoms with van der Waals surface area (Å²) in [6, 6.07) is 0. The van der Waals surface area contributed by atoms with E-state index >= 15 is 4.79 Å². The molecule has 1 saturated carbocycles. The standard InChI is InChI=1S/C52H101NO5SSi4/c1-38(30-31-44(56-61(20,21)49(9,10)11)40(3)36-43-37-59-42(5)53-43)28-26-29-39(2)46(58-63(24,25)51(15,16)17)41(4)47(54)52(33-27-34-52)45(57-62(22,23)50(12,13)14)32-35-55-60(18,19)48(6,7)8/h30,36-37,39,41,44-46H,26-29,31-35H2,1-25H3/b38-30-,40-36+/t39-,41+,44-,45-,46-/m0/s1. The number of Topliss-reactive ketones (excluding diaryl/α,β-unsaturated/α-hetero) is 1. The molecule has 63 heavy (non-hydrogen) atoms.